The zero-order valence-corrected chi connectivity index (χ0v) is 21.2. The Morgan fingerprint density at radius 2 is 1.53 bits per heavy atom. The topological polar surface area (TPSA) is 151 Å². The van der Waals surface area contributed by atoms with Crippen LogP contribution in [0.1, 0.15) is 49.4 Å². The van der Waals surface area contributed by atoms with Crippen molar-refractivity contribution < 1.29 is 43.3 Å². The number of nitrogens with one attached hydrogen (secondary N) is 2. The largest absolute Gasteiger partial charge is 0.491 e. The first-order valence-corrected chi connectivity index (χ1v) is 12.3. The Bertz CT molecular complexity index is 1060. The number of benzene rings is 2. The fourth-order valence-electron chi connectivity index (χ4n) is 3.56. The van der Waals surface area contributed by atoms with Crippen LogP contribution in [-0.4, -0.2) is 66.1 Å². The SMILES string of the molecule is CCC[C@H](NC(=O)O[C@@H](CCCCNC(=O)c1ccc(-c2ccc(OCCF)cc2)cc1)C(=O)O)C(=O)O. The van der Waals surface area contributed by atoms with Crippen molar-refractivity contribution in [1.29, 1.82) is 0 Å². The first kappa shape index (κ1) is 30.1. The lowest BCUT2D eigenvalue weighted by molar-refractivity contribution is -0.147. The molecule has 0 saturated carbocycles. The summed E-state index contributed by atoms with van der Waals surface area (Å²) in [4.78, 5) is 46.9. The summed E-state index contributed by atoms with van der Waals surface area (Å²) < 4.78 is 22.3. The zero-order chi connectivity index (χ0) is 27.9. The fraction of sp³-hybridized carbons (Fsp3) is 0.407. The van der Waals surface area contributed by atoms with Gasteiger partial charge in [0.25, 0.3) is 5.91 Å². The van der Waals surface area contributed by atoms with E-state index >= 15 is 0 Å². The van der Waals surface area contributed by atoms with Gasteiger partial charge in [-0.25, -0.2) is 18.8 Å². The molecule has 0 spiro atoms. The molecule has 206 valence electrons. The van der Waals surface area contributed by atoms with Gasteiger partial charge in [-0.15, -0.1) is 0 Å². The number of halogens is 1. The maximum Gasteiger partial charge on any atom is 0.408 e. The first-order valence-electron chi connectivity index (χ1n) is 12.3. The van der Waals surface area contributed by atoms with Crippen molar-refractivity contribution in [1.82, 2.24) is 10.6 Å². The molecule has 2 aromatic rings. The first-order chi connectivity index (χ1) is 18.2. The van der Waals surface area contributed by atoms with Gasteiger partial charge in [0.1, 0.15) is 25.1 Å². The van der Waals surface area contributed by atoms with E-state index in [9.17, 15) is 28.7 Å². The van der Waals surface area contributed by atoms with Crippen molar-refractivity contribution in [2.75, 3.05) is 19.8 Å². The number of unbranched alkanes of at least 4 members (excludes halogenated alkanes) is 1. The molecule has 10 nitrogen and oxygen atoms in total. The quantitative estimate of drug-likeness (QED) is 0.237. The molecule has 0 fully saturated rings. The van der Waals surface area contributed by atoms with Gasteiger partial charge in [0.05, 0.1) is 0 Å². The van der Waals surface area contributed by atoms with Crippen LogP contribution >= 0.6 is 0 Å². The van der Waals surface area contributed by atoms with Gasteiger partial charge < -0.3 is 30.3 Å². The Hall–Kier alpha value is -4.15. The monoisotopic (exact) mass is 532 g/mol. The van der Waals surface area contributed by atoms with Crippen LogP contribution in [0.5, 0.6) is 5.75 Å². The highest BCUT2D eigenvalue weighted by atomic mass is 19.1. The van der Waals surface area contributed by atoms with Crippen LogP contribution in [0.15, 0.2) is 48.5 Å². The van der Waals surface area contributed by atoms with Gasteiger partial charge in [-0.3, -0.25) is 4.79 Å². The average molecular weight is 533 g/mol. The highest BCUT2D eigenvalue weighted by Crippen LogP contribution is 2.23. The number of hydrogen-bond donors (Lipinski definition) is 4. The van der Waals surface area contributed by atoms with E-state index in [0.717, 1.165) is 11.1 Å². The number of amides is 2. The number of ether oxygens (including phenoxy) is 2. The van der Waals surface area contributed by atoms with Crippen molar-refractivity contribution in [2.45, 2.75) is 51.2 Å². The number of aliphatic carboxylic acids is 2. The zero-order valence-electron chi connectivity index (χ0n) is 21.2. The molecule has 0 aliphatic carbocycles. The molecule has 4 N–H and O–H groups in total. The Labute approximate surface area is 220 Å². The highest BCUT2D eigenvalue weighted by molar-refractivity contribution is 5.94. The van der Waals surface area contributed by atoms with Crippen molar-refractivity contribution in [3.8, 4) is 16.9 Å². The van der Waals surface area contributed by atoms with E-state index in [2.05, 4.69) is 10.6 Å². The molecule has 0 aromatic heterocycles. The van der Waals surface area contributed by atoms with Crippen molar-refractivity contribution in [2.24, 2.45) is 0 Å². The molecule has 2 amide bonds. The van der Waals surface area contributed by atoms with Gasteiger partial charge in [0, 0.05) is 12.1 Å². The third-order valence-corrected chi connectivity index (χ3v) is 5.55. The lowest BCUT2D eigenvalue weighted by Gasteiger charge is -2.17. The van der Waals surface area contributed by atoms with Gasteiger partial charge in [0.15, 0.2) is 0 Å². The molecule has 11 heteroatoms. The second kappa shape index (κ2) is 15.9. The number of carboxylic acid groups (broad SMARTS) is 2. The van der Waals surface area contributed by atoms with Crippen LogP contribution in [-0.2, 0) is 14.3 Å². The second-order valence-corrected chi connectivity index (χ2v) is 8.45. The molecular formula is C27H33FN2O8. The fourth-order valence-corrected chi connectivity index (χ4v) is 3.56. The molecule has 2 rings (SSSR count). The molecule has 0 heterocycles. The van der Waals surface area contributed by atoms with Gasteiger partial charge in [-0.05, 0) is 61.1 Å². The molecule has 2 atom stereocenters. The predicted molar refractivity (Wildman–Crippen MR) is 137 cm³/mol. The lowest BCUT2D eigenvalue weighted by atomic mass is 10.0. The standard InChI is InChI=1S/C27H33FN2O8/c1-2-5-22(25(32)33)30-27(36)38-23(26(34)35)6-3-4-16-29-24(31)20-9-7-18(8-10-20)19-11-13-21(14-12-19)37-17-15-28/h7-14,22-23H,2-6,15-17H2,1H3,(H,29,31)(H,30,36)(H,32,33)(H,34,35)/t22-,23-/m0/s1. The maximum atomic E-state index is 12.4. The summed E-state index contributed by atoms with van der Waals surface area (Å²) >= 11 is 0. The van der Waals surface area contributed by atoms with E-state index in [-0.39, 0.29) is 31.9 Å². The smallest absolute Gasteiger partial charge is 0.408 e. The van der Waals surface area contributed by atoms with Gasteiger partial charge in [-0.1, -0.05) is 37.6 Å². The molecular weight excluding hydrogens is 499 g/mol. The third kappa shape index (κ3) is 10.1. The Morgan fingerprint density at radius 3 is 2.08 bits per heavy atom. The van der Waals surface area contributed by atoms with E-state index in [1.54, 1.807) is 31.2 Å². The van der Waals surface area contributed by atoms with Crippen molar-refractivity contribution >= 4 is 23.9 Å². The number of carboxylic acids is 2. The number of carbonyl (C=O) groups is 4. The molecule has 0 bridgehead atoms. The summed E-state index contributed by atoms with van der Waals surface area (Å²) in [5.74, 6) is -2.27. The minimum atomic E-state index is -1.43. The molecule has 0 aliphatic heterocycles. The summed E-state index contributed by atoms with van der Waals surface area (Å²) in [6.45, 7) is 1.49. The average Bonchev–Trinajstić information content (AvgIpc) is 2.91. The van der Waals surface area contributed by atoms with Crippen LogP contribution in [0, 0.1) is 0 Å². The minimum absolute atomic E-state index is 0.00231. The summed E-state index contributed by atoms with van der Waals surface area (Å²) in [6, 6.07) is 13.0. The summed E-state index contributed by atoms with van der Waals surface area (Å²) in [5.41, 5.74) is 2.27. The Kier molecular flexibility index (Phi) is 12.5. The van der Waals surface area contributed by atoms with E-state index in [4.69, 9.17) is 14.6 Å². The lowest BCUT2D eigenvalue weighted by Crippen LogP contribution is -2.43. The van der Waals surface area contributed by atoms with E-state index < -0.39 is 36.9 Å². The van der Waals surface area contributed by atoms with Crippen molar-refractivity contribution in [3.63, 3.8) is 0 Å². The number of alkyl halides is 1. The van der Waals surface area contributed by atoms with E-state index in [1.165, 1.54) is 0 Å². The molecule has 38 heavy (non-hydrogen) atoms. The number of alkyl carbamates (subject to hydrolysis) is 1. The predicted octanol–water partition coefficient (Wildman–Crippen LogP) is 4.03. The van der Waals surface area contributed by atoms with Gasteiger partial charge >= 0.3 is 18.0 Å². The summed E-state index contributed by atoms with van der Waals surface area (Å²) in [5, 5.41) is 23.3. The molecule has 0 saturated heterocycles. The van der Waals surface area contributed by atoms with Crippen LogP contribution in [0.3, 0.4) is 0 Å². The second-order valence-electron chi connectivity index (χ2n) is 8.45. The molecule has 2 aromatic carbocycles. The van der Waals surface area contributed by atoms with Crippen LogP contribution < -0.4 is 15.4 Å². The number of carbonyl (C=O) groups excluding carboxylic acids is 2. The van der Waals surface area contributed by atoms with Gasteiger partial charge in [-0.2, -0.15) is 0 Å². The summed E-state index contributed by atoms with van der Waals surface area (Å²) in [7, 11) is 0. The van der Waals surface area contributed by atoms with Crippen LogP contribution in [0.2, 0.25) is 0 Å². The van der Waals surface area contributed by atoms with E-state index in [1.807, 2.05) is 24.3 Å². The Morgan fingerprint density at radius 1 is 0.895 bits per heavy atom. The maximum absolute atomic E-state index is 12.4. The Balaban J connectivity index is 1.76. The van der Waals surface area contributed by atoms with Crippen LogP contribution in [0.4, 0.5) is 9.18 Å². The molecule has 0 radical (unpaired) electrons. The highest BCUT2D eigenvalue weighted by Gasteiger charge is 2.25. The molecule has 0 aliphatic rings. The summed E-state index contributed by atoms with van der Waals surface area (Å²) in [6.07, 6.45) is -1.02. The van der Waals surface area contributed by atoms with Crippen molar-refractivity contribution in [3.05, 3.63) is 54.1 Å². The third-order valence-electron chi connectivity index (χ3n) is 5.55. The molecule has 0 unspecified atom stereocenters. The normalized spacial score (nSPS) is 12.2. The van der Waals surface area contributed by atoms with Crippen LogP contribution in [0.25, 0.3) is 11.1 Å². The minimum Gasteiger partial charge on any atom is -0.491 e. The van der Waals surface area contributed by atoms with Gasteiger partial charge in [0.2, 0.25) is 6.10 Å². The number of rotatable bonds is 16. The van der Waals surface area contributed by atoms with E-state index in [0.29, 0.717) is 30.6 Å². The number of hydrogen-bond acceptors (Lipinski definition) is 6.